The first-order chi connectivity index (χ1) is 9.67. The standard InChI is InChI=1S/C14H21BrN4S/c1-4-6-16-13(12-8-10(3)14(15)20-12)11-9-17-18-19(11)7-5-2/h8-9,13,16H,4-7H2,1-3H3. The lowest BCUT2D eigenvalue weighted by Crippen LogP contribution is -2.25. The first-order valence-corrected chi connectivity index (χ1v) is 8.65. The number of nitrogens with one attached hydrogen (secondary N) is 1. The minimum absolute atomic E-state index is 0.173. The number of thiophene rings is 1. The zero-order valence-corrected chi connectivity index (χ0v) is 14.6. The summed E-state index contributed by atoms with van der Waals surface area (Å²) in [5.41, 5.74) is 2.43. The van der Waals surface area contributed by atoms with E-state index in [0.717, 1.165) is 31.6 Å². The maximum atomic E-state index is 4.21. The second kappa shape index (κ2) is 7.33. The number of aryl methyl sites for hydroxylation is 2. The van der Waals surface area contributed by atoms with Crippen molar-refractivity contribution in [3.8, 4) is 0 Å². The van der Waals surface area contributed by atoms with Gasteiger partial charge >= 0.3 is 0 Å². The zero-order chi connectivity index (χ0) is 14.5. The number of halogens is 1. The largest absolute Gasteiger partial charge is 0.304 e. The van der Waals surface area contributed by atoms with Gasteiger partial charge in [0.2, 0.25) is 0 Å². The highest BCUT2D eigenvalue weighted by Gasteiger charge is 2.21. The van der Waals surface area contributed by atoms with Crippen molar-refractivity contribution in [3.05, 3.63) is 32.2 Å². The number of nitrogens with zero attached hydrogens (tertiary/aromatic N) is 3. The Kier molecular flexibility index (Phi) is 5.74. The van der Waals surface area contributed by atoms with Gasteiger partial charge in [-0.3, -0.25) is 0 Å². The van der Waals surface area contributed by atoms with Gasteiger partial charge in [0.15, 0.2) is 0 Å². The van der Waals surface area contributed by atoms with E-state index >= 15 is 0 Å². The fourth-order valence-electron chi connectivity index (χ4n) is 2.14. The second-order valence-electron chi connectivity index (χ2n) is 4.87. The maximum Gasteiger partial charge on any atom is 0.0858 e. The van der Waals surface area contributed by atoms with Crippen molar-refractivity contribution < 1.29 is 0 Å². The lowest BCUT2D eigenvalue weighted by Gasteiger charge is -2.18. The molecule has 20 heavy (non-hydrogen) atoms. The molecular weight excluding hydrogens is 336 g/mol. The number of hydrogen-bond donors (Lipinski definition) is 1. The van der Waals surface area contributed by atoms with E-state index in [0.29, 0.717) is 0 Å². The van der Waals surface area contributed by atoms with Crippen molar-refractivity contribution >= 4 is 27.3 Å². The summed E-state index contributed by atoms with van der Waals surface area (Å²) in [4.78, 5) is 1.31. The number of aromatic nitrogens is 3. The van der Waals surface area contributed by atoms with Crippen LogP contribution in [0.4, 0.5) is 0 Å². The van der Waals surface area contributed by atoms with Gasteiger partial charge in [-0.2, -0.15) is 0 Å². The molecule has 0 fully saturated rings. The molecule has 0 aliphatic carbocycles. The smallest absolute Gasteiger partial charge is 0.0858 e. The molecule has 2 heterocycles. The molecule has 0 amide bonds. The van der Waals surface area contributed by atoms with E-state index in [-0.39, 0.29) is 6.04 Å². The normalized spacial score (nSPS) is 12.8. The van der Waals surface area contributed by atoms with Crippen molar-refractivity contribution in [1.29, 1.82) is 0 Å². The van der Waals surface area contributed by atoms with Gasteiger partial charge in [0.05, 0.1) is 21.7 Å². The minimum atomic E-state index is 0.173. The topological polar surface area (TPSA) is 42.7 Å². The molecule has 2 aromatic heterocycles. The molecule has 0 spiro atoms. The molecule has 4 nitrogen and oxygen atoms in total. The summed E-state index contributed by atoms with van der Waals surface area (Å²) in [5, 5.41) is 11.9. The van der Waals surface area contributed by atoms with E-state index in [2.05, 4.69) is 58.4 Å². The predicted molar refractivity (Wildman–Crippen MR) is 87.2 cm³/mol. The molecule has 0 aliphatic heterocycles. The quantitative estimate of drug-likeness (QED) is 0.817. The SMILES string of the molecule is CCCNC(c1cc(C)c(Br)s1)c1cnnn1CCC. The molecule has 0 saturated carbocycles. The van der Waals surface area contributed by atoms with E-state index in [1.165, 1.54) is 14.2 Å². The molecule has 0 aliphatic rings. The van der Waals surface area contributed by atoms with E-state index < -0.39 is 0 Å². The molecule has 2 aromatic rings. The van der Waals surface area contributed by atoms with Gasteiger partial charge in [-0.1, -0.05) is 19.1 Å². The van der Waals surface area contributed by atoms with Crippen molar-refractivity contribution in [2.45, 2.75) is 46.2 Å². The van der Waals surface area contributed by atoms with Gasteiger partial charge < -0.3 is 5.32 Å². The van der Waals surface area contributed by atoms with E-state index in [4.69, 9.17) is 0 Å². The van der Waals surface area contributed by atoms with Crippen LogP contribution in [0.3, 0.4) is 0 Å². The summed E-state index contributed by atoms with van der Waals surface area (Å²) >= 11 is 5.40. The molecular formula is C14H21BrN4S. The van der Waals surface area contributed by atoms with Crippen molar-refractivity contribution in [1.82, 2.24) is 20.3 Å². The average Bonchev–Trinajstić information content (AvgIpc) is 3.00. The molecule has 0 bridgehead atoms. The van der Waals surface area contributed by atoms with Crippen LogP contribution in [0.2, 0.25) is 0 Å². The predicted octanol–water partition coefficient (Wildman–Crippen LogP) is 3.91. The van der Waals surface area contributed by atoms with E-state index in [1.807, 2.05) is 10.9 Å². The minimum Gasteiger partial charge on any atom is -0.304 e. The van der Waals surface area contributed by atoms with Crippen LogP contribution in [-0.4, -0.2) is 21.5 Å². The van der Waals surface area contributed by atoms with Crippen LogP contribution < -0.4 is 5.32 Å². The highest BCUT2D eigenvalue weighted by Crippen LogP contribution is 2.34. The summed E-state index contributed by atoms with van der Waals surface area (Å²) < 4.78 is 3.21. The fourth-order valence-corrected chi connectivity index (χ4v) is 3.80. The third kappa shape index (κ3) is 3.48. The summed E-state index contributed by atoms with van der Waals surface area (Å²) in [7, 11) is 0. The molecule has 0 saturated heterocycles. The van der Waals surface area contributed by atoms with Crippen LogP contribution in [0.5, 0.6) is 0 Å². The Labute approximate surface area is 132 Å². The lowest BCUT2D eigenvalue weighted by atomic mass is 10.1. The molecule has 2 rings (SSSR count). The van der Waals surface area contributed by atoms with E-state index in [1.54, 1.807) is 11.3 Å². The van der Waals surface area contributed by atoms with Gasteiger partial charge in [0.25, 0.3) is 0 Å². The summed E-state index contributed by atoms with van der Waals surface area (Å²) in [6.07, 6.45) is 4.05. The van der Waals surface area contributed by atoms with E-state index in [9.17, 15) is 0 Å². The third-order valence-corrected chi connectivity index (χ3v) is 5.34. The monoisotopic (exact) mass is 356 g/mol. The van der Waals surface area contributed by atoms with Crippen molar-refractivity contribution in [2.75, 3.05) is 6.54 Å². The van der Waals surface area contributed by atoms with Crippen LogP contribution in [-0.2, 0) is 6.54 Å². The summed E-state index contributed by atoms with van der Waals surface area (Å²) in [5.74, 6) is 0. The Morgan fingerprint density at radius 2 is 2.20 bits per heavy atom. The maximum absolute atomic E-state index is 4.21. The van der Waals surface area contributed by atoms with Crippen LogP contribution in [0.25, 0.3) is 0 Å². The zero-order valence-electron chi connectivity index (χ0n) is 12.2. The van der Waals surface area contributed by atoms with Gasteiger partial charge in [0, 0.05) is 11.4 Å². The molecule has 0 aromatic carbocycles. The van der Waals surface area contributed by atoms with Crippen LogP contribution in [0.15, 0.2) is 16.0 Å². The van der Waals surface area contributed by atoms with Gasteiger partial charge in [0.1, 0.15) is 0 Å². The van der Waals surface area contributed by atoms with Crippen LogP contribution in [0.1, 0.15) is 48.9 Å². The Morgan fingerprint density at radius 1 is 1.40 bits per heavy atom. The fraction of sp³-hybridized carbons (Fsp3) is 0.571. The highest BCUT2D eigenvalue weighted by atomic mass is 79.9. The number of hydrogen-bond acceptors (Lipinski definition) is 4. The molecule has 1 unspecified atom stereocenters. The third-order valence-electron chi connectivity index (χ3n) is 3.14. The first kappa shape index (κ1) is 15.7. The molecule has 110 valence electrons. The average molecular weight is 357 g/mol. The van der Waals surface area contributed by atoms with Gasteiger partial charge in [-0.05, 0) is 53.9 Å². The molecule has 1 N–H and O–H groups in total. The summed E-state index contributed by atoms with van der Waals surface area (Å²) in [6.45, 7) is 8.36. The van der Waals surface area contributed by atoms with Gasteiger partial charge in [-0.25, -0.2) is 4.68 Å². The Balaban J connectivity index is 2.33. The van der Waals surface area contributed by atoms with Crippen molar-refractivity contribution in [2.24, 2.45) is 0 Å². The van der Waals surface area contributed by atoms with Crippen molar-refractivity contribution in [3.63, 3.8) is 0 Å². The number of rotatable bonds is 7. The Bertz CT molecular complexity index is 530. The molecule has 6 heteroatoms. The Hall–Kier alpha value is -0.720. The molecule has 0 radical (unpaired) electrons. The van der Waals surface area contributed by atoms with Gasteiger partial charge in [-0.15, -0.1) is 16.4 Å². The Morgan fingerprint density at radius 3 is 2.80 bits per heavy atom. The molecule has 1 atom stereocenters. The summed E-state index contributed by atoms with van der Waals surface area (Å²) in [6, 6.07) is 2.41. The lowest BCUT2D eigenvalue weighted by molar-refractivity contribution is 0.507. The second-order valence-corrected chi connectivity index (χ2v) is 7.28. The highest BCUT2D eigenvalue weighted by molar-refractivity contribution is 9.11. The van der Waals surface area contributed by atoms with Crippen LogP contribution in [0, 0.1) is 6.92 Å². The first-order valence-electron chi connectivity index (χ1n) is 7.05. The van der Waals surface area contributed by atoms with Crippen LogP contribution >= 0.6 is 27.3 Å².